The molecule has 1 unspecified atom stereocenters. The van der Waals surface area contributed by atoms with Crippen LogP contribution in [0.3, 0.4) is 0 Å². The number of nitrogens with zero attached hydrogens (tertiary/aromatic N) is 1. The summed E-state index contributed by atoms with van der Waals surface area (Å²) in [6.45, 7) is 8.03. The molecule has 1 aromatic rings. The van der Waals surface area contributed by atoms with E-state index in [0.29, 0.717) is 12.5 Å². The second-order valence-corrected chi connectivity index (χ2v) is 4.49. The van der Waals surface area contributed by atoms with Gasteiger partial charge in [-0.25, -0.2) is 0 Å². The van der Waals surface area contributed by atoms with Crippen LogP contribution in [0.1, 0.15) is 26.3 Å². The zero-order valence-electron chi connectivity index (χ0n) is 10.2. The third-order valence-electron chi connectivity index (χ3n) is 3.14. The fraction of sp³-hybridized carbons (Fsp3) is 0.583. The molecule has 1 heterocycles. The van der Waals surface area contributed by atoms with E-state index in [0.717, 1.165) is 6.54 Å². The number of aromatic nitrogens is 1. The zero-order chi connectivity index (χ0) is 11.3. The average molecular weight is 244 g/mol. The van der Waals surface area contributed by atoms with Gasteiger partial charge in [-0.15, -0.1) is 12.4 Å². The van der Waals surface area contributed by atoms with E-state index in [-0.39, 0.29) is 17.9 Å². The lowest BCUT2D eigenvalue weighted by Crippen LogP contribution is -2.52. The van der Waals surface area contributed by atoms with Gasteiger partial charge in [-0.3, -0.25) is 4.98 Å². The van der Waals surface area contributed by atoms with Crippen LogP contribution in [-0.4, -0.2) is 17.1 Å². The van der Waals surface area contributed by atoms with E-state index < -0.39 is 0 Å². The first kappa shape index (κ1) is 15.4. The summed E-state index contributed by atoms with van der Waals surface area (Å²) in [5.74, 6) is 0.518. The summed E-state index contributed by atoms with van der Waals surface area (Å²) in [6, 6.07) is 4.04. The molecule has 0 aromatic carbocycles. The van der Waals surface area contributed by atoms with Gasteiger partial charge in [0, 0.05) is 31.0 Å². The summed E-state index contributed by atoms with van der Waals surface area (Å²) in [4.78, 5) is 3.99. The minimum Gasteiger partial charge on any atom is -0.329 e. The van der Waals surface area contributed by atoms with Gasteiger partial charge < -0.3 is 11.1 Å². The molecule has 92 valence electrons. The van der Waals surface area contributed by atoms with Gasteiger partial charge in [-0.05, 0) is 30.5 Å². The first-order chi connectivity index (χ1) is 7.08. The fourth-order valence-corrected chi connectivity index (χ4v) is 1.32. The maximum Gasteiger partial charge on any atom is 0.0301 e. The van der Waals surface area contributed by atoms with E-state index >= 15 is 0 Å². The van der Waals surface area contributed by atoms with E-state index in [1.54, 1.807) is 0 Å². The van der Waals surface area contributed by atoms with Crippen LogP contribution in [0, 0.1) is 5.92 Å². The summed E-state index contributed by atoms with van der Waals surface area (Å²) in [5, 5.41) is 3.51. The summed E-state index contributed by atoms with van der Waals surface area (Å²) >= 11 is 0. The largest absolute Gasteiger partial charge is 0.329 e. The Kier molecular flexibility index (Phi) is 6.56. The molecular formula is C12H22ClN3. The predicted octanol–water partition coefficient (Wildman–Crippen LogP) is 1.97. The van der Waals surface area contributed by atoms with E-state index in [9.17, 15) is 0 Å². The van der Waals surface area contributed by atoms with Gasteiger partial charge in [-0.2, -0.15) is 0 Å². The highest BCUT2D eigenvalue weighted by Crippen LogP contribution is 2.15. The lowest BCUT2D eigenvalue weighted by molar-refractivity contribution is 0.267. The van der Waals surface area contributed by atoms with E-state index in [1.807, 2.05) is 24.5 Å². The molecule has 0 saturated heterocycles. The number of halogens is 1. The molecule has 1 rings (SSSR count). The normalized spacial score (nSPS) is 14.3. The molecular weight excluding hydrogens is 222 g/mol. The Morgan fingerprint density at radius 2 is 1.94 bits per heavy atom. The van der Waals surface area contributed by atoms with Crippen LogP contribution in [0.2, 0.25) is 0 Å². The highest BCUT2D eigenvalue weighted by Gasteiger charge is 2.25. The van der Waals surface area contributed by atoms with Gasteiger partial charge in [0.1, 0.15) is 0 Å². The molecule has 0 spiro atoms. The van der Waals surface area contributed by atoms with Crippen molar-refractivity contribution in [3.8, 4) is 0 Å². The minimum atomic E-state index is 0. The maximum atomic E-state index is 5.80. The molecule has 0 saturated carbocycles. The van der Waals surface area contributed by atoms with Gasteiger partial charge >= 0.3 is 0 Å². The summed E-state index contributed by atoms with van der Waals surface area (Å²) in [5.41, 5.74) is 7.04. The van der Waals surface area contributed by atoms with Crippen LogP contribution in [0.4, 0.5) is 0 Å². The molecule has 0 aliphatic carbocycles. The molecule has 16 heavy (non-hydrogen) atoms. The van der Waals surface area contributed by atoms with Crippen LogP contribution in [0.15, 0.2) is 24.5 Å². The molecule has 0 fully saturated rings. The number of hydrogen-bond donors (Lipinski definition) is 2. The van der Waals surface area contributed by atoms with Gasteiger partial charge in [0.15, 0.2) is 0 Å². The second kappa shape index (κ2) is 6.84. The van der Waals surface area contributed by atoms with Gasteiger partial charge in [-0.1, -0.05) is 13.8 Å². The van der Waals surface area contributed by atoms with Gasteiger partial charge in [0.2, 0.25) is 0 Å². The Labute approximate surface area is 104 Å². The summed E-state index contributed by atoms with van der Waals surface area (Å²) in [7, 11) is 0. The molecule has 1 atom stereocenters. The fourth-order valence-electron chi connectivity index (χ4n) is 1.32. The third-order valence-corrected chi connectivity index (χ3v) is 3.14. The topological polar surface area (TPSA) is 50.9 Å². The lowest BCUT2D eigenvalue weighted by Gasteiger charge is -2.33. The molecule has 0 bridgehead atoms. The summed E-state index contributed by atoms with van der Waals surface area (Å²) < 4.78 is 0. The highest BCUT2D eigenvalue weighted by atomic mass is 35.5. The number of nitrogens with two attached hydrogens (primary N) is 1. The van der Waals surface area contributed by atoms with Crippen molar-refractivity contribution in [1.29, 1.82) is 0 Å². The molecule has 3 N–H and O–H groups in total. The highest BCUT2D eigenvalue weighted by molar-refractivity contribution is 5.85. The molecule has 0 aliphatic rings. The Balaban J connectivity index is 0.00000225. The molecule has 0 radical (unpaired) electrons. The molecule has 0 amide bonds. The van der Waals surface area contributed by atoms with Crippen LogP contribution >= 0.6 is 12.4 Å². The van der Waals surface area contributed by atoms with Crippen molar-refractivity contribution in [2.45, 2.75) is 32.9 Å². The standard InChI is InChI=1S/C12H21N3.ClH/c1-10(2)12(3,9-13)15-8-11-4-6-14-7-5-11;/h4-7,10,15H,8-9,13H2,1-3H3;1H. The average Bonchev–Trinajstić information content (AvgIpc) is 2.27. The Morgan fingerprint density at radius 1 is 1.38 bits per heavy atom. The number of hydrogen-bond acceptors (Lipinski definition) is 3. The molecule has 4 heteroatoms. The summed E-state index contributed by atoms with van der Waals surface area (Å²) in [6.07, 6.45) is 3.62. The van der Waals surface area contributed by atoms with Gasteiger partial charge in [0.05, 0.1) is 0 Å². The Bertz CT molecular complexity index is 290. The van der Waals surface area contributed by atoms with Crippen molar-refractivity contribution >= 4 is 12.4 Å². The van der Waals surface area contributed by atoms with Crippen molar-refractivity contribution in [1.82, 2.24) is 10.3 Å². The SMILES string of the molecule is CC(C)C(C)(CN)NCc1ccncc1.Cl. The first-order valence-electron chi connectivity index (χ1n) is 5.42. The quantitative estimate of drug-likeness (QED) is 0.832. The maximum absolute atomic E-state index is 5.80. The van der Waals surface area contributed by atoms with Crippen LogP contribution < -0.4 is 11.1 Å². The van der Waals surface area contributed by atoms with E-state index in [1.165, 1.54) is 5.56 Å². The number of rotatable bonds is 5. The third kappa shape index (κ3) is 4.08. The van der Waals surface area contributed by atoms with Gasteiger partial charge in [0.25, 0.3) is 0 Å². The van der Waals surface area contributed by atoms with Crippen molar-refractivity contribution in [3.63, 3.8) is 0 Å². The number of nitrogens with one attached hydrogen (secondary N) is 1. The Morgan fingerprint density at radius 3 is 2.38 bits per heavy atom. The number of pyridine rings is 1. The first-order valence-corrected chi connectivity index (χ1v) is 5.42. The van der Waals surface area contributed by atoms with Crippen LogP contribution in [0.5, 0.6) is 0 Å². The van der Waals surface area contributed by atoms with Crippen molar-refractivity contribution in [3.05, 3.63) is 30.1 Å². The smallest absolute Gasteiger partial charge is 0.0301 e. The zero-order valence-corrected chi connectivity index (χ0v) is 11.1. The predicted molar refractivity (Wildman–Crippen MR) is 70.6 cm³/mol. The monoisotopic (exact) mass is 243 g/mol. The van der Waals surface area contributed by atoms with Crippen molar-refractivity contribution in [2.75, 3.05) is 6.54 Å². The molecule has 1 aromatic heterocycles. The molecule has 3 nitrogen and oxygen atoms in total. The van der Waals surface area contributed by atoms with Crippen LogP contribution in [0.25, 0.3) is 0 Å². The lowest BCUT2D eigenvalue weighted by atomic mass is 9.88. The van der Waals surface area contributed by atoms with E-state index in [4.69, 9.17) is 5.73 Å². The van der Waals surface area contributed by atoms with Crippen LogP contribution in [-0.2, 0) is 6.54 Å². The minimum absolute atomic E-state index is 0. The van der Waals surface area contributed by atoms with Crippen molar-refractivity contribution in [2.24, 2.45) is 11.7 Å². The Hall–Kier alpha value is -0.640. The molecule has 0 aliphatic heterocycles. The van der Waals surface area contributed by atoms with E-state index in [2.05, 4.69) is 31.1 Å². The van der Waals surface area contributed by atoms with Crippen molar-refractivity contribution < 1.29 is 0 Å². The second-order valence-electron chi connectivity index (χ2n) is 4.49.